The Hall–Kier alpha value is -4.23. The number of benzene rings is 3. The highest BCUT2D eigenvalue weighted by Gasteiger charge is 2.39. The summed E-state index contributed by atoms with van der Waals surface area (Å²) in [5.41, 5.74) is 5.84. The molecule has 0 spiro atoms. The molecular formula is C33H31N3O3S. The summed E-state index contributed by atoms with van der Waals surface area (Å²) < 4.78 is 5.70. The highest BCUT2D eigenvalue weighted by atomic mass is 32.2. The van der Waals surface area contributed by atoms with E-state index in [1.165, 1.54) is 5.70 Å². The number of hydrogen-bond donors (Lipinski definition) is 2. The van der Waals surface area contributed by atoms with Crippen molar-refractivity contribution in [2.45, 2.75) is 12.5 Å². The molecule has 0 bridgehead atoms. The van der Waals surface area contributed by atoms with Crippen LogP contribution in [0.3, 0.4) is 0 Å². The Bertz CT molecular complexity index is 1530. The predicted octanol–water partition coefficient (Wildman–Crippen LogP) is 6.12. The summed E-state index contributed by atoms with van der Waals surface area (Å²) in [5, 5.41) is 6.32. The number of rotatable bonds is 6. The van der Waals surface area contributed by atoms with Crippen molar-refractivity contribution in [3.63, 3.8) is 0 Å². The van der Waals surface area contributed by atoms with Crippen LogP contribution in [-0.2, 0) is 0 Å². The van der Waals surface area contributed by atoms with Gasteiger partial charge in [-0.05, 0) is 41.3 Å². The van der Waals surface area contributed by atoms with Crippen LogP contribution in [0.4, 0.5) is 5.69 Å². The van der Waals surface area contributed by atoms with E-state index in [2.05, 4.69) is 33.9 Å². The average Bonchev–Trinajstić information content (AvgIpc) is 3.20. The van der Waals surface area contributed by atoms with E-state index >= 15 is 0 Å². The maximum atomic E-state index is 14.1. The summed E-state index contributed by atoms with van der Waals surface area (Å²) in [6.07, 6.45) is 8.95. The van der Waals surface area contributed by atoms with Crippen molar-refractivity contribution in [3.8, 4) is 16.9 Å². The standard InChI is InChI=1S/C33H31N3O3S/c1-39-30-18-24(35-33(38)27-12-6-5-11-26(27)22-8-3-2-4-9-22)14-15-28(30)32(37)29-13-7-10-23-19-34-20-25-21-40-17-16-36(25)31(23)29/h2-12,14-15,18-20,29,31,34H,13,16-17,21H2,1H3,(H,35,38). The number of fused-ring (bicyclic) bond motifs is 3. The number of carbonyl (C=O) groups is 2. The van der Waals surface area contributed by atoms with Gasteiger partial charge in [0.2, 0.25) is 0 Å². The minimum atomic E-state index is -0.241. The van der Waals surface area contributed by atoms with Gasteiger partial charge in [0.05, 0.1) is 24.6 Å². The molecule has 1 saturated heterocycles. The molecule has 7 heteroatoms. The highest BCUT2D eigenvalue weighted by molar-refractivity contribution is 7.99. The topological polar surface area (TPSA) is 70.7 Å². The average molecular weight is 550 g/mol. The van der Waals surface area contributed by atoms with Gasteiger partial charge in [0.15, 0.2) is 5.78 Å². The van der Waals surface area contributed by atoms with Gasteiger partial charge in [-0.15, -0.1) is 0 Å². The quantitative estimate of drug-likeness (QED) is 0.361. The molecule has 1 amide bonds. The largest absolute Gasteiger partial charge is 0.496 e. The Morgan fingerprint density at radius 1 is 1.00 bits per heavy atom. The van der Waals surface area contributed by atoms with E-state index in [0.717, 1.165) is 34.8 Å². The van der Waals surface area contributed by atoms with Gasteiger partial charge in [-0.25, -0.2) is 0 Å². The minimum absolute atomic E-state index is 0.0294. The van der Waals surface area contributed by atoms with Crippen LogP contribution >= 0.6 is 11.8 Å². The molecule has 1 fully saturated rings. The Morgan fingerprint density at radius 2 is 1.82 bits per heavy atom. The lowest BCUT2D eigenvalue weighted by molar-refractivity contribution is 0.0847. The first-order valence-electron chi connectivity index (χ1n) is 13.5. The normalized spacial score (nSPS) is 19.7. The van der Waals surface area contributed by atoms with Gasteiger partial charge in [0, 0.05) is 53.5 Å². The molecular weight excluding hydrogens is 518 g/mol. The lowest BCUT2D eigenvalue weighted by Gasteiger charge is -2.42. The fraction of sp³-hybridized carbons (Fsp3) is 0.212. The van der Waals surface area contributed by atoms with Gasteiger partial charge in [0.25, 0.3) is 5.91 Å². The number of ether oxygens (including phenoxy) is 1. The summed E-state index contributed by atoms with van der Waals surface area (Å²) in [6.45, 7) is 0.907. The second-order valence-corrected chi connectivity index (χ2v) is 11.1. The number of nitrogens with zero attached hydrogens (tertiary/aromatic N) is 1. The zero-order valence-corrected chi connectivity index (χ0v) is 23.1. The van der Waals surface area contributed by atoms with E-state index in [1.54, 1.807) is 25.3 Å². The molecule has 6 nitrogen and oxygen atoms in total. The van der Waals surface area contributed by atoms with E-state index in [1.807, 2.05) is 72.6 Å². The van der Waals surface area contributed by atoms with Crippen molar-refractivity contribution < 1.29 is 14.3 Å². The Balaban J connectivity index is 1.26. The highest BCUT2D eigenvalue weighted by Crippen LogP contribution is 2.38. The summed E-state index contributed by atoms with van der Waals surface area (Å²) in [6, 6.07) is 22.7. The lowest BCUT2D eigenvalue weighted by atomic mass is 9.79. The number of thioether (sulfide) groups is 1. The van der Waals surface area contributed by atoms with Gasteiger partial charge in [0.1, 0.15) is 5.75 Å². The molecule has 6 rings (SSSR count). The van der Waals surface area contributed by atoms with E-state index in [0.29, 0.717) is 29.0 Å². The Morgan fingerprint density at radius 3 is 2.67 bits per heavy atom. The first kappa shape index (κ1) is 26.0. The first-order valence-corrected chi connectivity index (χ1v) is 14.6. The second-order valence-electron chi connectivity index (χ2n) is 10.0. The lowest BCUT2D eigenvalue weighted by Crippen LogP contribution is -2.47. The van der Waals surface area contributed by atoms with Gasteiger partial charge in [-0.1, -0.05) is 60.7 Å². The van der Waals surface area contributed by atoms with Crippen LogP contribution in [0.1, 0.15) is 27.1 Å². The van der Waals surface area contributed by atoms with Crippen molar-refractivity contribution in [3.05, 3.63) is 120 Å². The fourth-order valence-corrected chi connectivity index (χ4v) is 6.68. The Labute approximate surface area is 238 Å². The molecule has 0 saturated carbocycles. The molecule has 3 aromatic carbocycles. The summed E-state index contributed by atoms with van der Waals surface area (Å²) in [4.78, 5) is 29.8. The minimum Gasteiger partial charge on any atom is -0.496 e. The number of nitrogens with one attached hydrogen (secondary N) is 2. The van der Waals surface area contributed by atoms with Crippen LogP contribution in [-0.4, -0.2) is 47.8 Å². The molecule has 2 unspecified atom stereocenters. The van der Waals surface area contributed by atoms with E-state index in [4.69, 9.17) is 4.74 Å². The number of methoxy groups -OCH3 is 1. The monoisotopic (exact) mass is 549 g/mol. The molecule has 2 atom stereocenters. The molecule has 2 heterocycles. The van der Waals surface area contributed by atoms with Crippen LogP contribution in [0.15, 0.2) is 109 Å². The third-order valence-corrected chi connectivity index (χ3v) is 8.64. The number of Topliss-reactive ketones (excluding diaryl/α,β-unsaturated/α-hetero) is 1. The maximum Gasteiger partial charge on any atom is 0.256 e. The molecule has 3 aromatic rings. The third-order valence-electron chi connectivity index (χ3n) is 7.67. The number of carbonyl (C=O) groups excluding carboxylic acids is 2. The van der Waals surface area contributed by atoms with Crippen LogP contribution < -0.4 is 15.4 Å². The molecule has 2 aliphatic heterocycles. The summed E-state index contributed by atoms with van der Waals surface area (Å²) in [7, 11) is 1.56. The number of ketones is 1. The van der Waals surface area contributed by atoms with Crippen molar-refractivity contribution >= 4 is 29.1 Å². The zero-order chi connectivity index (χ0) is 27.5. The zero-order valence-electron chi connectivity index (χ0n) is 22.3. The molecule has 0 aromatic heterocycles. The first-order chi connectivity index (χ1) is 19.6. The fourth-order valence-electron chi connectivity index (χ4n) is 5.76. The van der Waals surface area contributed by atoms with Crippen molar-refractivity contribution in [1.29, 1.82) is 0 Å². The van der Waals surface area contributed by atoms with Crippen molar-refractivity contribution in [1.82, 2.24) is 10.2 Å². The number of allylic oxidation sites excluding steroid dienone is 1. The van der Waals surface area contributed by atoms with Crippen LogP contribution in [0.5, 0.6) is 5.75 Å². The van der Waals surface area contributed by atoms with E-state index in [-0.39, 0.29) is 23.7 Å². The number of amides is 1. The molecule has 3 aliphatic rings. The van der Waals surface area contributed by atoms with Gasteiger partial charge >= 0.3 is 0 Å². The van der Waals surface area contributed by atoms with Crippen molar-refractivity contribution in [2.24, 2.45) is 5.92 Å². The molecule has 1 aliphatic carbocycles. The van der Waals surface area contributed by atoms with Gasteiger partial charge in [-0.3, -0.25) is 9.59 Å². The van der Waals surface area contributed by atoms with Crippen LogP contribution in [0.25, 0.3) is 11.1 Å². The second kappa shape index (κ2) is 11.5. The summed E-state index contributed by atoms with van der Waals surface area (Å²) >= 11 is 1.91. The van der Waals surface area contributed by atoms with Crippen LogP contribution in [0, 0.1) is 5.92 Å². The molecule has 0 radical (unpaired) electrons. The van der Waals surface area contributed by atoms with Crippen LogP contribution in [0.2, 0.25) is 0 Å². The molecule has 202 valence electrons. The number of anilines is 1. The Kier molecular flexibility index (Phi) is 7.47. The summed E-state index contributed by atoms with van der Waals surface area (Å²) in [5.74, 6) is 2.01. The van der Waals surface area contributed by atoms with Crippen molar-refractivity contribution in [2.75, 3.05) is 30.5 Å². The van der Waals surface area contributed by atoms with Gasteiger partial charge in [-0.2, -0.15) is 11.8 Å². The third kappa shape index (κ3) is 5.05. The van der Waals surface area contributed by atoms with Gasteiger partial charge < -0.3 is 20.3 Å². The van der Waals surface area contributed by atoms with E-state index in [9.17, 15) is 9.59 Å². The predicted molar refractivity (Wildman–Crippen MR) is 162 cm³/mol. The maximum absolute atomic E-state index is 14.1. The molecule has 2 N–H and O–H groups in total. The number of hydrogen-bond acceptors (Lipinski definition) is 6. The molecule has 40 heavy (non-hydrogen) atoms. The smallest absolute Gasteiger partial charge is 0.256 e. The van der Waals surface area contributed by atoms with E-state index < -0.39 is 0 Å². The SMILES string of the molecule is COc1cc(NC(=O)c2ccccc2-c2ccccc2)ccc1C(=O)C1CC=CC2=CNC=C3CSCCN3C21.